The lowest BCUT2D eigenvalue weighted by Crippen LogP contribution is -2.60. The summed E-state index contributed by atoms with van der Waals surface area (Å²) in [5.41, 5.74) is -0.985. The van der Waals surface area contributed by atoms with Gasteiger partial charge in [0, 0.05) is 13.0 Å². The number of ketones is 1. The van der Waals surface area contributed by atoms with Crippen molar-refractivity contribution in [1.82, 2.24) is 4.90 Å². The van der Waals surface area contributed by atoms with Crippen LogP contribution in [0.2, 0.25) is 0 Å². The van der Waals surface area contributed by atoms with Crippen LogP contribution in [-0.2, 0) is 24.2 Å². The normalized spacial score (nSPS) is 29.1. The third-order valence-electron chi connectivity index (χ3n) is 5.74. The van der Waals surface area contributed by atoms with Gasteiger partial charge in [0.2, 0.25) is 5.91 Å². The van der Waals surface area contributed by atoms with Gasteiger partial charge in [-0.3, -0.25) is 9.59 Å². The van der Waals surface area contributed by atoms with Gasteiger partial charge in [-0.15, -0.1) is 0 Å². The number of sulfone groups is 1. The molecule has 29 heavy (non-hydrogen) atoms. The van der Waals surface area contributed by atoms with E-state index in [1.807, 2.05) is 0 Å². The SMILES string of the molecule is CC1(C)OC2=C(C(=O)C(S(=O)(=O)c3ccccc3)C=C2)C(N2CCCC2=O)C1O. The van der Waals surface area contributed by atoms with Crippen LogP contribution >= 0.6 is 0 Å². The molecule has 7 nitrogen and oxygen atoms in total. The van der Waals surface area contributed by atoms with Gasteiger partial charge in [0.05, 0.1) is 16.5 Å². The maximum atomic E-state index is 13.4. The van der Waals surface area contributed by atoms with Crippen molar-refractivity contribution in [3.05, 3.63) is 53.8 Å². The van der Waals surface area contributed by atoms with Gasteiger partial charge in [0.25, 0.3) is 0 Å². The molecule has 1 aromatic rings. The average Bonchev–Trinajstić information content (AvgIpc) is 3.09. The van der Waals surface area contributed by atoms with Crippen LogP contribution in [0.4, 0.5) is 0 Å². The largest absolute Gasteiger partial charge is 0.485 e. The number of aliphatic hydroxyl groups excluding tert-OH is 1. The predicted octanol–water partition coefficient (Wildman–Crippen LogP) is 1.38. The van der Waals surface area contributed by atoms with Crippen molar-refractivity contribution in [1.29, 1.82) is 0 Å². The Morgan fingerprint density at radius 2 is 1.86 bits per heavy atom. The smallest absolute Gasteiger partial charge is 0.223 e. The number of hydrogen-bond donors (Lipinski definition) is 1. The topological polar surface area (TPSA) is 101 Å². The molecular formula is C21H23NO6S. The minimum absolute atomic E-state index is 0.0402. The molecule has 0 spiro atoms. The summed E-state index contributed by atoms with van der Waals surface area (Å²) in [4.78, 5) is 27.3. The number of amides is 1. The van der Waals surface area contributed by atoms with Crippen molar-refractivity contribution in [2.24, 2.45) is 0 Å². The molecule has 3 unspecified atom stereocenters. The third kappa shape index (κ3) is 3.11. The molecule has 1 saturated heterocycles. The number of likely N-dealkylation sites (tertiary alicyclic amines) is 1. The Balaban J connectivity index is 1.80. The van der Waals surface area contributed by atoms with E-state index < -0.39 is 38.6 Å². The van der Waals surface area contributed by atoms with E-state index in [4.69, 9.17) is 4.74 Å². The van der Waals surface area contributed by atoms with Crippen LogP contribution in [0.25, 0.3) is 0 Å². The zero-order valence-electron chi connectivity index (χ0n) is 16.2. The van der Waals surface area contributed by atoms with Gasteiger partial charge in [-0.05, 0) is 38.5 Å². The Hall–Kier alpha value is -2.45. The monoisotopic (exact) mass is 417 g/mol. The van der Waals surface area contributed by atoms with Crippen LogP contribution in [0.1, 0.15) is 26.7 Å². The van der Waals surface area contributed by atoms with Crippen LogP contribution in [0, 0.1) is 0 Å². The summed E-state index contributed by atoms with van der Waals surface area (Å²) in [5.74, 6) is -0.608. The molecule has 154 valence electrons. The molecule has 0 aromatic heterocycles. The van der Waals surface area contributed by atoms with Gasteiger partial charge < -0.3 is 14.7 Å². The highest BCUT2D eigenvalue weighted by Gasteiger charge is 2.53. The maximum Gasteiger partial charge on any atom is 0.223 e. The Kier molecular flexibility index (Phi) is 4.66. The zero-order valence-corrected chi connectivity index (χ0v) is 17.1. The highest BCUT2D eigenvalue weighted by molar-refractivity contribution is 7.93. The summed E-state index contributed by atoms with van der Waals surface area (Å²) in [6.45, 7) is 3.76. The highest BCUT2D eigenvalue weighted by atomic mass is 32.2. The molecule has 2 aliphatic heterocycles. The summed E-state index contributed by atoms with van der Waals surface area (Å²) in [7, 11) is -3.98. The van der Waals surface area contributed by atoms with Gasteiger partial charge in [0.15, 0.2) is 15.6 Å². The van der Waals surface area contributed by atoms with Crippen molar-refractivity contribution in [2.45, 2.75) is 54.6 Å². The molecule has 1 N–H and O–H groups in total. The van der Waals surface area contributed by atoms with Crippen molar-refractivity contribution in [2.75, 3.05) is 6.54 Å². The molecule has 2 heterocycles. The Bertz CT molecular complexity index is 1020. The number of allylic oxidation sites excluding steroid dienone is 1. The molecule has 3 atom stereocenters. The molecule has 8 heteroatoms. The maximum absolute atomic E-state index is 13.4. The Labute approximate surface area is 169 Å². The molecule has 1 aliphatic carbocycles. The number of hydrogen-bond acceptors (Lipinski definition) is 6. The zero-order chi connectivity index (χ0) is 21.0. The van der Waals surface area contributed by atoms with E-state index in [0.29, 0.717) is 19.4 Å². The predicted molar refractivity (Wildman–Crippen MR) is 104 cm³/mol. The van der Waals surface area contributed by atoms with E-state index in [1.54, 1.807) is 32.0 Å². The lowest BCUT2D eigenvalue weighted by atomic mass is 9.81. The minimum Gasteiger partial charge on any atom is -0.485 e. The highest BCUT2D eigenvalue weighted by Crippen LogP contribution is 2.40. The fraction of sp³-hybridized carbons (Fsp3) is 0.429. The van der Waals surface area contributed by atoms with E-state index in [9.17, 15) is 23.1 Å². The van der Waals surface area contributed by atoms with Crippen molar-refractivity contribution in [3.8, 4) is 0 Å². The second-order valence-electron chi connectivity index (χ2n) is 8.07. The number of aliphatic hydroxyl groups is 1. The third-order valence-corrected chi connectivity index (χ3v) is 7.71. The molecular weight excluding hydrogens is 394 g/mol. The van der Waals surface area contributed by atoms with Crippen molar-refractivity contribution in [3.63, 3.8) is 0 Å². The van der Waals surface area contributed by atoms with Crippen molar-refractivity contribution < 1.29 is 27.9 Å². The van der Waals surface area contributed by atoms with Gasteiger partial charge in [0.1, 0.15) is 22.7 Å². The number of ether oxygens (including phenoxy) is 1. The van der Waals surface area contributed by atoms with Crippen LogP contribution in [0.15, 0.2) is 58.7 Å². The van der Waals surface area contributed by atoms with Crippen LogP contribution in [0.5, 0.6) is 0 Å². The fourth-order valence-electron chi connectivity index (χ4n) is 4.18. The average molecular weight is 417 g/mol. The summed E-state index contributed by atoms with van der Waals surface area (Å²) >= 11 is 0. The second-order valence-corrected chi connectivity index (χ2v) is 10.1. The molecule has 0 bridgehead atoms. The second kappa shape index (κ2) is 6.81. The molecule has 0 radical (unpaired) electrons. The molecule has 4 rings (SSSR count). The summed E-state index contributed by atoms with van der Waals surface area (Å²) in [6.07, 6.45) is 2.59. The van der Waals surface area contributed by atoms with E-state index in [1.165, 1.54) is 29.2 Å². The number of Topliss-reactive ketones (excluding diaryl/α,β-unsaturated/α-hetero) is 1. The van der Waals surface area contributed by atoms with Crippen LogP contribution < -0.4 is 0 Å². The van der Waals surface area contributed by atoms with Gasteiger partial charge >= 0.3 is 0 Å². The van der Waals surface area contributed by atoms with Gasteiger partial charge in [-0.25, -0.2) is 8.42 Å². The number of carbonyl (C=O) groups excluding carboxylic acids is 2. The van der Waals surface area contributed by atoms with Gasteiger partial charge in [-0.1, -0.05) is 24.3 Å². The van der Waals surface area contributed by atoms with Crippen LogP contribution in [0.3, 0.4) is 0 Å². The molecule has 1 fully saturated rings. The fourth-order valence-corrected chi connectivity index (χ4v) is 5.70. The molecule has 1 amide bonds. The number of benzene rings is 1. The molecule has 3 aliphatic rings. The first kappa shape index (κ1) is 19.8. The standard InChI is InChI=1S/C21H23NO6S/c1-21(2)20(25)18(22-12-6-9-16(22)23)17-14(28-21)10-11-15(19(17)24)29(26,27)13-7-4-3-5-8-13/h3-5,7-8,10-11,15,18,20,25H,6,9,12H2,1-2H3. The minimum atomic E-state index is -3.98. The molecule has 1 aromatic carbocycles. The number of carbonyl (C=O) groups is 2. The van der Waals surface area contributed by atoms with E-state index in [0.717, 1.165) is 0 Å². The Morgan fingerprint density at radius 1 is 1.17 bits per heavy atom. The first-order chi connectivity index (χ1) is 13.6. The molecule has 0 saturated carbocycles. The lowest BCUT2D eigenvalue weighted by molar-refractivity contribution is -0.143. The summed E-state index contributed by atoms with van der Waals surface area (Å²) < 4.78 is 32.0. The quantitative estimate of drug-likeness (QED) is 0.798. The van der Waals surface area contributed by atoms with Crippen molar-refractivity contribution >= 4 is 21.5 Å². The van der Waals surface area contributed by atoms with Gasteiger partial charge in [-0.2, -0.15) is 0 Å². The first-order valence-corrected chi connectivity index (χ1v) is 11.1. The lowest BCUT2D eigenvalue weighted by Gasteiger charge is -2.46. The summed E-state index contributed by atoms with van der Waals surface area (Å²) in [6, 6.07) is 6.83. The van der Waals surface area contributed by atoms with E-state index in [-0.39, 0.29) is 22.1 Å². The number of nitrogens with zero attached hydrogens (tertiary/aromatic N) is 1. The summed E-state index contributed by atoms with van der Waals surface area (Å²) in [5, 5.41) is 9.53. The van der Waals surface area contributed by atoms with E-state index >= 15 is 0 Å². The van der Waals surface area contributed by atoms with Crippen LogP contribution in [-0.4, -0.2) is 59.7 Å². The first-order valence-electron chi connectivity index (χ1n) is 9.56. The van der Waals surface area contributed by atoms with E-state index in [2.05, 4.69) is 0 Å². The Morgan fingerprint density at radius 3 is 2.48 bits per heavy atom. The number of rotatable bonds is 3.